The molecule has 90 valence electrons. The van der Waals surface area contributed by atoms with E-state index in [0.29, 0.717) is 0 Å². The van der Waals surface area contributed by atoms with E-state index in [9.17, 15) is 4.39 Å². The van der Waals surface area contributed by atoms with E-state index in [1.165, 1.54) is 6.20 Å². The average molecular weight is 224 g/mol. The summed E-state index contributed by atoms with van der Waals surface area (Å²) in [6.07, 6.45) is 4.99. The van der Waals surface area contributed by atoms with Gasteiger partial charge in [0.1, 0.15) is 5.82 Å². The predicted molar refractivity (Wildman–Crippen MR) is 65.0 cm³/mol. The van der Waals surface area contributed by atoms with Gasteiger partial charge >= 0.3 is 0 Å². The second-order valence-corrected chi connectivity index (χ2v) is 4.74. The van der Waals surface area contributed by atoms with Crippen LogP contribution in [0, 0.1) is 5.82 Å². The molecule has 1 heterocycles. The molecule has 1 N–H and O–H groups in total. The van der Waals surface area contributed by atoms with Gasteiger partial charge < -0.3 is 5.32 Å². The van der Waals surface area contributed by atoms with Gasteiger partial charge in [0.2, 0.25) is 0 Å². The molecular formula is C13H21FN2. The maximum atomic E-state index is 13.6. The van der Waals surface area contributed by atoms with E-state index >= 15 is 0 Å². The molecule has 0 aliphatic heterocycles. The molecule has 0 aliphatic carbocycles. The van der Waals surface area contributed by atoms with E-state index in [0.717, 1.165) is 31.5 Å². The molecule has 0 amide bonds. The minimum atomic E-state index is -0.206. The van der Waals surface area contributed by atoms with Gasteiger partial charge in [0.15, 0.2) is 0 Å². The molecule has 1 aromatic heterocycles. The molecule has 0 fully saturated rings. The lowest BCUT2D eigenvalue weighted by atomic mass is 9.82. The van der Waals surface area contributed by atoms with Crippen LogP contribution in [0.15, 0.2) is 18.5 Å². The number of aromatic nitrogens is 1. The van der Waals surface area contributed by atoms with Gasteiger partial charge in [0.05, 0.1) is 6.20 Å². The van der Waals surface area contributed by atoms with Crippen molar-refractivity contribution in [2.75, 3.05) is 13.1 Å². The van der Waals surface area contributed by atoms with Gasteiger partial charge in [-0.3, -0.25) is 4.98 Å². The maximum Gasteiger partial charge on any atom is 0.145 e. The van der Waals surface area contributed by atoms with Crippen LogP contribution in [0.2, 0.25) is 0 Å². The van der Waals surface area contributed by atoms with Crippen molar-refractivity contribution in [3.63, 3.8) is 0 Å². The van der Waals surface area contributed by atoms with Crippen molar-refractivity contribution in [1.29, 1.82) is 0 Å². The van der Waals surface area contributed by atoms with Gasteiger partial charge in [-0.1, -0.05) is 20.8 Å². The fourth-order valence-corrected chi connectivity index (χ4v) is 1.76. The second-order valence-electron chi connectivity index (χ2n) is 4.74. The topological polar surface area (TPSA) is 24.9 Å². The largest absolute Gasteiger partial charge is 0.317 e. The summed E-state index contributed by atoms with van der Waals surface area (Å²) >= 11 is 0. The maximum absolute atomic E-state index is 13.6. The van der Waals surface area contributed by atoms with Gasteiger partial charge in [0.25, 0.3) is 0 Å². The smallest absolute Gasteiger partial charge is 0.145 e. The Morgan fingerprint density at radius 2 is 2.12 bits per heavy atom. The highest BCUT2D eigenvalue weighted by molar-refractivity contribution is 5.22. The summed E-state index contributed by atoms with van der Waals surface area (Å²) in [4.78, 5) is 3.78. The second kappa shape index (κ2) is 5.94. The first-order valence-electron chi connectivity index (χ1n) is 5.88. The Morgan fingerprint density at radius 3 is 2.75 bits per heavy atom. The monoisotopic (exact) mass is 224 g/mol. The van der Waals surface area contributed by atoms with Crippen LogP contribution >= 0.6 is 0 Å². The highest BCUT2D eigenvalue weighted by Crippen LogP contribution is 2.27. The number of pyridine rings is 1. The van der Waals surface area contributed by atoms with E-state index in [2.05, 4.69) is 31.1 Å². The average Bonchev–Trinajstić information content (AvgIpc) is 2.25. The molecule has 0 aliphatic rings. The van der Waals surface area contributed by atoms with Gasteiger partial charge in [-0.2, -0.15) is 0 Å². The van der Waals surface area contributed by atoms with Crippen LogP contribution < -0.4 is 5.32 Å². The fraction of sp³-hybridized carbons (Fsp3) is 0.615. The normalized spacial score (nSPS) is 11.8. The Bertz CT molecular complexity index is 323. The van der Waals surface area contributed by atoms with Crippen LogP contribution in [0.25, 0.3) is 0 Å². The van der Waals surface area contributed by atoms with Crippen molar-refractivity contribution in [3.8, 4) is 0 Å². The minimum absolute atomic E-state index is 0.145. The van der Waals surface area contributed by atoms with Crippen LogP contribution in [-0.2, 0) is 5.41 Å². The highest BCUT2D eigenvalue weighted by Gasteiger charge is 2.23. The van der Waals surface area contributed by atoms with Crippen LogP contribution in [0.1, 0.15) is 39.2 Å². The standard InChI is InChI=1S/C13H21FN2/c1-4-7-15-9-6-13(2,3)11-5-8-16-10-12(11)14/h5,8,10,15H,4,6-7,9H2,1-3H3. The first-order valence-corrected chi connectivity index (χ1v) is 5.88. The Hall–Kier alpha value is -0.960. The van der Waals surface area contributed by atoms with Gasteiger partial charge in [-0.15, -0.1) is 0 Å². The molecule has 0 saturated heterocycles. The summed E-state index contributed by atoms with van der Waals surface area (Å²) in [5, 5.41) is 3.34. The molecular weight excluding hydrogens is 203 g/mol. The predicted octanol–water partition coefficient (Wildman–Crippen LogP) is 2.89. The molecule has 0 atom stereocenters. The third kappa shape index (κ3) is 3.56. The Balaban J connectivity index is 2.59. The third-order valence-electron chi connectivity index (χ3n) is 2.86. The number of rotatable bonds is 6. The number of nitrogens with zero attached hydrogens (tertiary/aromatic N) is 1. The first-order chi connectivity index (χ1) is 7.58. The quantitative estimate of drug-likeness (QED) is 0.752. The SMILES string of the molecule is CCCNCCC(C)(C)c1ccncc1F. The number of nitrogens with one attached hydrogen (secondary N) is 1. The molecule has 2 nitrogen and oxygen atoms in total. The van der Waals surface area contributed by atoms with Crippen LogP contribution in [0.3, 0.4) is 0 Å². The molecule has 3 heteroatoms. The molecule has 1 rings (SSSR count). The lowest BCUT2D eigenvalue weighted by molar-refractivity contribution is 0.433. The third-order valence-corrected chi connectivity index (χ3v) is 2.86. The zero-order chi connectivity index (χ0) is 12.0. The molecule has 1 aromatic rings. The summed E-state index contributed by atoms with van der Waals surface area (Å²) in [5.74, 6) is -0.206. The van der Waals surface area contributed by atoms with Crippen LogP contribution in [0.5, 0.6) is 0 Å². The van der Waals surface area contributed by atoms with E-state index in [1.807, 2.05) is 0 Å². The Labute approximate surface area is 97.3 Å². The van der Waals surface area contributed by atoms with Gasteiger partial charge in [-0.05, 0) is 43.0 Å². The highest BCUT2D eigenvalue weighted by atomic mass is 19.1. The summed E-state index contributed by atoms with van der Waals surface area (Å²) in [6.45, 7) is 8.22. The van der Waals surface area contributed by atoms with Crippen LogP contribution in [0.4, 0.5) is 4.39 Å². The number of hydrogen-bond donors (Lipinski definition) is 1. The van der Waals surface area contributed by atoms with Crippen molar-refractivity contribution in [2.45, 2.75) is 39.0 Å². The van der Waals surface area contributed by atoms with Crippen LogP contribution in [-0.4, -0.2) is 18.1 Å². The van der Waals surface area contributed by atoms with Crippen molar-refractivity contribution in [1.82, 2.24) is 10.3 Å². The lowest BCUT2D eigenvalue weighted by Gasteiger charge is -2.25. The van der Waals surface area contributed by atoms with Gasteiger partial charge in [0, 0.05) is 6.20 Å². The summed E-state index contributed by atoms with van der Waals surface area (Å²) < 4.78 is 13.6. The van der Waals surface area contributed by atoms with Gasteiger partial charge in [-0.25, -0.2) is 4.39 Å². The zero-order valence-electron chi connectivity index (χ0n) is 10.4. The van der Waals surface area contributed by atoms with E-state index in [4.69, 9.17) is 0 Å². The van der Waals surface area contributed by atoms with Crippen molar-refractivity contribution < 1.29 is 4.39 Å². The molecule has 0 aromatic carbocycles. The summed E-state index contributed by atoms with van der Waals surface area (Å²) in [7, 11) is 0. The van der Waals surface area contributed by atoms with Crippen molar-refractivity contribution in [2.24, 2.45) is 0 Å². The number of halogens is 1. The van der Waals surface area contributed by atoms with E-state index in [-0.39, 0.29) is 11.2 Å². The molecule has 0 saturated carbocycles. The summed E-state index contributed by atoms with van der Waals surface area (Å²) in [5.41, 5.74) is 0.606. The fourth-order valence-electron chi connectivity index (χ4n) is 1.76. The first kappa shape index (κ1) is 13.1. The van der Waals surface area contributed by atoms with Crippen molar-refractivity contribution >= 4 is 0 Å². The molecule has 0 unspecified atom stereocenters. The Kier molecular flexibility index (Phi) is 4.87. The molecule has 16 heavy (non-hydrogen) atoms. The van der Waals surface area contributed by atoms with E-state index < -0.39 is 0 Å². The zero-order valence-corrected chi connectivity index (χ0v) is 10.4. The lowest BCUT2D eigenvalue weighted by Crippen LogP contribution is -2.26. The molecule has 0 bridgehead atoms. The van der Waals surface area contributed by atoms with Crippen molar-refractivity contribution in [3.05, 3.63) is 29.8 Å². The summed E-state index contributed by atoms with van der Waals surface area (Å²) in [6, 6.07) is 1.77. The van der Waals surface area contributed by atoms with E-state index in [1.54, 1.807) is 12.3 Å². The molecule has 0 radical (unpaired) electrons. The minimum Gasteiger partial charge on any atom is -0.317 e. The number of hydrogen-bond acceptors (Lipinski definition) is 2. The Morgan fingerprint density at radius 1 is 1.38 bits per heavy atom. The molecule has 0 spiro atoms.